The zero-order chi connectivity index (χ0) is 24.7. The fourth-order valence-corrected chi connectivity index (χ4v) is 4.53. The Morgan fingerprint density at radius 3 is 2.09 bits per heavy atom. The van der Waals surface area contributed by atoms with Crippen molar-refractivity contribution in [3.05, 3.63) is 83.9 Å². The van der Waals surface area contributed by atoms with Crippen LogP contribution in [0.2, 0.25) is 0 Å². The number of nitrogens with one attached hydrogen (secondary N) is 1. The number of benzene rings is 3. The normalized spacial score (nSPS) is 11.3. The number of ether oxygens (including phenoxy) is 1. The molecule has 3 aromatic rings. The summed E-state index contributed by atoms with van der Waals surface area (Å²) < 4.78 is 33.0. The number of anilines is 2. The standard InChI is InChI=1S/C25H28N4O4S/c1-19-5-9-22(10-6-19)29(34(31,32)24-15-13-23(33-4)14-16-24)18-25(30)27-26-17-20-7-11-21(12-8-20)28(2)3/h5-17H,18H2,1-4H3,(H,27,30)/b26-17-. The van der Waals surface area contributed by atoms with Gasteiger partial charge >= 0.3 is 0 Å². The number of carbonyl (C=O) groups excluding carboxylic acids is 1. The summed E-state index contributed by atoms with van der Waals surface area (Å²) in [7, 11) is 1.38. The van der Waals surface area contributed by atoms with E-state index in [1.165, 1.54) is 25.5 Å². The van der Waals surface area contributed by atoms with Crippen molar-refractivity contribution >= 4 is 33.5 Å². The van der Waals surface area contributed by atoms with Crippen molar-refractivity contribution in [3.63, 3.8) is 0 Å². The van der Waals surface area contributed by atoms with Crippen molar-refractivity contribution in [2.45, 2.75) is 11.8 Å². The van der Waals surface area contributed by atoms with Gasteiger partial charge in [-0.15, -0.1) is 0 Å². The molecule has 9 heteroatoms. The smallest absolute Gasteiger partial charge is 0.264 e. The molecule has 0 fully saturated rings. The van der Waals surface area contributed by atoms with E-state index in [1.54, 1.807) is 36.4 Å². The van der Waals surface area contributed by atoms with Crippen LogP contribution in [0.4, 0.5) is 11.4 Å². The highest BCUT2D eigenvalue weighted by atomic mass is 32.2. The molecule has 1 amide bonds. The molecule has 3 rings (SSSR count). The summed E-state index contributed by atoms with van der Waals surface area (Å²) in [6, 6.07) is 20.5. The van der Waals surface area contributed by atoms with Crippen LogP contribution in [0.1, 0.15) is 11.1 Å². The van der Waals surface area contributed by atoms with Gasteiger partial charge in [0.05, 0.1) is 23.9 Å². The van der Waals surface area contributed by atoms with Crippen molar-refractivity contribution in [1.82, 2.24) is 5.43 Å². The number of amides is 1. The second-order valence-corrected chi connectivity index (χ2v) is 9.66. The minimum atomic E-state index is -4.02. The Hall–Kier alpha value is -3.85. The Morgan fingerprint density at radius 1 is 0.941 bits per heavy atom. The summed E-state index contributed by atoms with van der Waals surface area (Å²) in [5.74, 6) is -0.0367. The maximum Gasteiger partial charge on any atom is 0.264 e. The Balaban J connectivity index is 1.79. The van der Waals surface area contributed by atoms with Crippen LogP contribution in [-0.4, -0.2) is 48.3 Å². The molecule has 0 atom stereocenters. The fraction of sp³-hybridized carbons (Fsp3) is 0.200. The SMILES string of the molecule is COc1ccc(S(=O)(=O)N(CC(=O)N/N=C\c2ccc(N(C)C)cc2)c2ccc(C)cc2)cc1. The molecule has 34 heavy (non-hydrogen) atoms. The van der Waals surface area contributed by atoms with Crippen LogP contribution >= 0.6 is 0 Å². The van der Waals surface area contributed by atoms with Crippen LogP contribution in [-0.2, 0) is 14.8 Å². The van der Waals surface area contributed by atoms with E-state index in [2.05, 4.69) is 10.5 Å². The van der Waals surface area contributed by atoms with Crippen molar-refractivity contribution in [1.29, 1.82) is 0 Å². The van der Waals surface area contributed by atoms with Gasteiger partial charge in [-0.2, -0.15) is 5.10 Å². The Kier molecular flexibility index (Phi) is 7.91. The molecule has 0 aliphatic heterocycles. The first-order chi connectivity index (χ1) is 16.2. The number of sulfonamides is 1. The van der Waals surface area contributed by atoms with E-state index in [4.69, 9.17) is 4.74 Å². The van der Waals surface area contributed by atoms with Gasteiger partial charge < -0.3 is 9.64 Å². The molecule has 0 saturated carbocycles. The molecule has 0 aliphatic rings. The van der Waals surface area contributed by atoms with Gasteiger partial charge in [-0.25, -0.2) is 13.8 Å². The minimum Gasteiger partial charge on any atom is -0.497 e. The van der Waals surface area contributed by atoms with E-state index in [1.807, 2.05) is 50.2 Å². The van der Waals surface area contributed by atoms with Gasteiger partial charge in [0.25, 0.3) is 15.9 Å². The third kappa shape index (κ3) is 6.14. The third-order valence-corrected chi connectivity index (χ3v) is 6.86. The van der Waals surface area contributed by atoms with Crippen LogP contribution in [0.5, 0.6) is 5.75 Å². The molecule has 0 aromatic heterocycles. The van der Waals surface area contributed by atoms with Gasteiger partial charge in [-0.1, -0.05) is 29.8 Å². The molecule has 0 saturated heterocycles. The highest BCUT2D eigenvalue weighted by molar-refractivity contribution is 7.92. The first kappa shape index (κ1) is 24.8. The summed E-state index contributed by atoms with van der Waals surface area (Å²) in [6.45, 7) is 1.47. The topological polar surface area (TPSA) is 91.3 Å². The number of hydrazone groups is 1. The molecule has 0 bridgehead atoms. The molecule has 8 nitrogen and oxygen atoms in total. The maximum atomic E-state index is 13.4. The minimum absolute atomic E-state index is 0.0474. The van der Waals surface area contributed by atoms with Crippen LogP contribution in [0.15, 0.2) is 82.8 Å². The van der Waals surface area contributed by atoms with E-state index in [0.717, 1.165) is 21.1 Å². The lowest BCUT2D eigenvalue weighted by atomic mass is 10.2. The number of nitrogens with zero attached hydrogens (tertiary/aromatic N) is 3. The summed E-state index contributed by atoms with van der Waals surface area (Å²) in [5, 5.41) is 3.98. The lowest BCUT2D eigenvalue weighted by molar-refractivity contribution is -0.119. The Morgan fingerprint density at radius 2 is 1.53 bits per heavy atom. The predicted octanol–water partition coefficient (Wildman–Crippen LogP) is 3.42. The van der Waals surface area contributed by atoms with Gasteiger partial charge in [0.15, 0.2) is 0 Å². The van der Waals surface area contributed by atoms with Crippen molar-refractivity contribution < 1.29 is 17.9 Å². The number of aryl methyl sites for hydroxylation is 1. The summed E-state index contributed by atoms with van der Waals surface area (Å²) in [5.41, 5.74) is 5.60. The second kappa shape index (κ2) is 10.8. The number of carbonyl (C=O) groups is 1. The quantitative estimate of drug-likeness (QED) is 0.374. The summed E-state index contributed by atoms with van der Waals surface area (Å²) in [4.78, 5) is 14.7. The first-order valence-corrected chi connectivity index (χ1v) is 12.0. The molecular weight excluding hydrogens is 452 g/mol. The number of methoxy groups -OCH3 is 1. The van der Waals surface area contributed by atoms with Crippen LogP contribution in [0.3, 0.4) is 0 Å². The van der Waals surface area contributed by atoms with E-state index in [-0.39, 0.29) is 4.90 Å². The molecule has 1 N–H and O–H groups in total. The number of hydrogen-bond acceptors (Lipinski definition) is 6. The van der Waals surface area contributed by atoms with Crippen molar-refractivity contribution in [3.8, 4) is 5.75 Å². The lowest BCUT2D eigenvalue weighted by Crippen LogP contribution is -2.39. The Labute approximate surface area is 200 Å². The monoisotopic (exact) mass is 480 g/mol. The molecule has 178 valence electrons. The maximum absolute atomic E-state index is 13.4. The molecule has 0 unspecified atom stereocenters. The van der Waals surface area contributed by atoms with E-state index in [0.29, 0.717) is 11.4 Å². The third-order valence-electron chi connectivity index (χ3n) is 5.07. The number of hydrogen-bond donors (Lipinski definition) is 1. The van der Waals surface area contributed by atoms with Crippen molar-refractivity contribution in [2.24, 2.45) is 5.10 Å². The zero-order valence-corrected chi connectivity index (χ0v) is 20.4. The predicted molar refractivity (Wildman–Crippen MR) is 135 cm³/mol. The highest BCUT2D eigenvalue weighted by Gasteiger charge is 2.27. The molecule has 3 aromatic carbocycles. The molecule has 0 radical (unpaired) electrons. The molecule has 0 heterocycles. The second-order valence-electron chi connectivity index (χ2n) is 7.80. The average molecular weight is 481 g/mol. The van der Waals surface area contributed by atoms with Crippen LogP contribution in [0.25, 0.3) is 0 Å². The van der Waals surface area contributed by atoms with Gasteiger partial charge in [0.1, 0.15) is 12.3 Å². The van der Waals surface area contributed by atoms with E-state index in [9.17, 15) is 13.2 Å². The summed E-state index contributed by atoms with van der Waals surface area (Å²) in [6.07, 6.45) is 1.51. The fourth-order valence-electron chi connectivity index (χ4n) is 3.10. The van der Waals surface area contributed by atoms with Crippen LogP contribution < -0.4 is 19.4 Å². The lowest BCUT2D eigenvalue weighted by Gasteiger charge is -2.24. The largest absolute Gasteiger partial charge is 0.497 e. The molecule has 0 spiro atoms. The van der Waals surface area contributed by atoms with Gasteiger partial charge in [-0.05, 0) is 61.0 Å². The van der Waals surface area contributed by atoms with Gasteiger partial charge in [0, 0.05) is 19.8 Å². The average Bonchev–Trinajstić information content (AvgIpc) is 2.83. The summed E-state index contributed by atoms with van der Waals surface area (Å²) >= 11 is 0. The van der Waals surface area contributed by atoms with Gasteiger partial charge in [0.2, 0.25) is 0 Å². The first-order valence-electron chi connectivity index (χ1n) is 10.5. The zero-order valence-electron chi connectivity index (χ0n) is 19.6. The van der Waals surface area contributed by atoms with Gasteiger partial charge in [-0.3, -0.25) is 9.10 Å². The van der Waals surface area contributed by atoms with E-state index < -0.39 is 22.5 Å². The number of rotatable bonds is 9. The molecule has 0 aliphatic carbocycles. The van der Waals surface area contributed by atoms with E-state index >= 15 is 0 Å². The Bertz CT molecular complexity index is 1240. The molecular formula is C25H28N4O4S. The van der Waals surface area contributed by atoms with Crippen molar-refractivity contribution in [2.75, 3.05) is 37.0 Å². The van der Waals surface area contributed by atoms with Crippen LogP contribution in [0, 0.1) is 6.92 Å². The highest BCUT2D eigenvalue weighted by Crippen LogP contribution is 2.25.